The molecule has 1 rings (SSSR count). The summed E-state index contributed by atoms with van der Waals surface area (Å²) in [5.74, 6) is -1.30. The Hall–Kier alpha value is -1.30. The summed E-state index contributed by atoms with van der Waals surface area (Å²) in [5.41, 5.74) is -1.06. The van der Waals surface area contributed by atoms with Gasteiger partial charge in [-0.2, -0.15) is 13.2 Å². The van der Waals surface area contributed by atoms with E-state index in [9.17, 15) is 18.0 Å². The standard InChI is InChI=1S/C10H6BrF3O2/c11-7-2-3-8(10(12,13)14)6(5-7)1-4-9(15)16/h1-5H,(H,15,16)/b4-1+. The van der Waals surface area contributed by atoms with Gasteiger partial charge < -0.3 is 5.11 Å². The van der Waals surface area contributed by atoms with Gasteiger partial charge in [-0.25, -0.2) is 4.79 Å². The van der Waals surface area contributed by atoms with Gasteiger partial charge in [-0.15, -0.1) is 0 Å². The van der Waals surface area contributed by atoms with Gasteiger partial charge in [0.1, 0.15) is 0 Å². The molecular formula is C10H6BrF3O2. The number of hydrogen-bond acceptors (Lipinski definition) is 1. The van der Waals surface area contributed by atoms with Crippen LogP contribution in [-0.4, -0.2) is 11.1 Å². The van der Waals surface area contributed by atoms with Crippen molar-refractivity contribution >= 4 is 28.0 Å². The van der Waals surface area contributed by atoms with Gasteiger partial charge in [0.05, 0.1) is 5.56 Å². The van der Waals surface area contributed by atoms with Gasteiger partial charge in [-0.05, 0) is 29.8 Å². The van der Waals surface area contributed by atoms with Crippen molar-refractivity contribution in [3.63, 3.8) is 0 Å². The van der Waals surface area contributed by atoms with E-state index in [0.717, 1.165) is 12.1 Å². The Morgan fingerprint density at radius 3 is 2.50 bits per heavy atom. The van der Waals surface area contributed by atoms with Crippen LogP contribution in [0.4, 0.5) is 13.2 Å². The molecule has 0 spiro atoms. The molecule has 1 aromatic rings. The molecule has 0 aliphatic heterocycles. The molecule has 0 fully saturated rings. The minimum absolute atomic E-state index is 0.190. The first-order chi connectivity index (χ1) is 7.30. The highest BCUT2D eigenvalue weighted by atomic mass is 79.9. The van der Waals surface area contributed by atoms with E-state index >= 15 is 0 Å². The fourth-order valence-electron chi connectivity index (χ4n) is 1.09. The first-order valence-electron chi connectivity index (χ1n) is 4.08. The van der Waals surface area contributed by atoms with Gasteiger partial charge in [0, 0.05) is 10.5 Å². The lowest BCUT2D eigenvalue weighted by Gasteiger charge is -2.10. The maximum Gasteiger partial charge on any atom is 0.416 e. The van der Waals surface area contributed by atoms with Crippen molar-refractivity contribution in [3.05, 3.63) is 39.9 Å². The van der Waals surface area contributed by atoms with Crippen LogP contribution in [0.5, 0.6) is 0 Å². The number of carbonyl (C=O) groups is 1. The minimum atomic E-state index is -4.50. The Morgan fingerprint density at radius 2 is 2.00 bits per heavy atom. The van der Waals surface area contributed by atoms with Crippen LogP contribution in [0.25, 0.3) is 6.08 Å². The summed E-state index contributed by atoms with van der Waals surface area (Å²) in [4.78, 5) is 10.2. The lowest BCUT2D eigenvalue weighted by Crippen LogP contribution is -2.07. The highest BCUT2D eigenvalue weighted by Crippen LogP contribution is 2.33. The van der Waals surface area contributed by atoms with E-state index in [2.05, 4.69) is 15.9 Å². The molecule has 0 atom stereocenters. The van der Waals surface area contributed by atoms with Crippen LogP contribution in [0.3, 0.4) is 0 Å². The van der Waals surface area contributed by atoms with Crippen molar-refractivity contribution in [2.75, 3.05) is 0 Å². The maximum atomic E-state index is 12.5. The normalized spacial score (nSPS) is 12.0. The Morgan fingerprint density at radius 1 is 1.38 bits per heavy atom. The van der Waals surface area contributed by atoms with Crippen molar-refractivity contribution in [3.8, 4) is 0 Å². The summed E-state index contributed by atoms with van der Waals surface area (Å²) in [6.45, 7) is 0. The van der Waals surface area contributed by atoms with Crippen molar-refractivity contribution in [2.24, 2.45) is 0 Å². The number of alkyl halides is 3. The highest BCUT2D eigenvalue weighted by Gasteiger charge is 2.32. The molecule has 0 aliphatic rings. The fourth-order valence-corrected chi connectivity index (χ4v) is 1.47. The first-order valence-corrected chi connectivity index (χ1v) is 4.88. The van der Waals surface area contributed by atoms with Crippen LogP contribution in [-0.2, 0) is 11.0 Å². The van der Waals surface area contributed by atoms with E-state index < -0.39 is 17.7 Å². The monoisotopic (exact) mass is 294 g/mol. The third-order valence-electron chi connectivity index (χ3n) is 1.72. The summed E-state index contributed by atoms with van der Waals surface area (Å²) in [5, 5.41) is 8.36. The molecule has 1 aromatic carbocycles. The lowest BCUT2D eigenvalue weighted by atomic mass is 10.1. The minimum Gasteiger partial charge on any atom is -0.478 e. The van der Waals surface area contributed by atoms with Crippen LogP contribution in [0.1, 0.15) is 11.1 Å². The molecule has 0 aromatic heterocycles. The molecule has 0 bridgehead atoms. The summed E-state index contributed by atoms with van der Waals surface area (Å²) < 4.78 is 38.0. The smallest absolute Gasteiger partial charge is 0.416 e. The van der Waals surface area contributed by atoms with E-state index in [1.54, 1.807) is 0 Å². The third kappa shape index (κ3) is 3.37. The SMILES string of the molecule is O=C(O)/C=C/c1cc(Br)ccc1C(F)(F)F. The van der Waals surface area contributed by atoms with E-state index in [0.29, 0.717) is 10.5 Å². The maximum absolute atomic E-state index is 12.5. The van der Waals surface area contributed by atoms with E-state index in [-0.39, 0.29) is 5.56 Å². The van der Waals surface area contributed by atoms with Crippen molar-refractivity contribution < 1.29 is 23.1 Å². The number of halogens is 4. The summed E-state index contributed by atoms with van der Waals surface area (Å²) >= 11 is 3.02. The van der Waals surface area contributed by atoms with Crippen molar-refractivity contribution in [1.29, 1.82) is 0 Å². The molecule has 1 N–H and O–H groups in total. The van der Waals surface area contributed by atoms with E-state index in [1.807, 2.05) is 0 Å². The second-order valence-electron chi connectivity index (χ2n) is 2.90. The zero-order chi connectivity index (χ0) is 12.3. The molecule has 0 aliphatic carbocycles. The number of carboxylic acids is 1. The van der Waals surface area contributed by atoms with Gasteiger partial charge in [0.25, 0.3) is 0 Å². The Bertz CT molecular complexity index is 438. The molecule has 86 valence electrons. The molecule has 16 heavy (non-hydrogen) atoms. The van der Waals surface area contributed by atoms with Crippen LogP contribution < -0.4 is 0 Å². The van der Waals surface area contributed by atoms with Crippen LogP contribution in [0.15, 0.2) is 28.7 Å². The zero-order valence-electron chi connectivity index (χ0n) is 7.75. The van der Waals surface area contributed by atoms with Crippen LogP contribution in [0.2, 0.25) is 0 Å². The number of hydrogen-bond donors (Lipinski definition) is 1. The number of aliphatic carboxylic acids is 1. The third-order valence-corrected chi connectivity index (χ3v) is 2.22. The average Bonchev–Trinajstić information content (AvgIpc) is 2.12. The molecule has 0 amide bonds. The molecule has 0 radical (unpaired) electrons. The van der Waals surface area contributed by atoms with Gasteiger partial charge in [0.15, 0.2) is 0 Å². The Labute approximate surface area is 97.5 Å². The fraction of sp³-hybridized carbons (Fsp3) is 0.100. The van der Waals surface area contributed by atoms with Gasteiger partial charge in [-0.1, -0.05) is 15.9 Å². The molecule has 6 heteroatoms. The molecule has 0 saturated heterocycles. The molecular weight excluding hydrogens is 289 g/mol. The molecule has 0 saturated carbocycles. The molecule has 0 heterocycles. The Balaban J connectivity index is 3.24. The summed E-state index contributed by atoms with van der Waals surface area (Å²) in [6, 6.07) is 3.36. The van der Waals surface area contributed by atoms with Crippen molar-refractivity contribution in [1.82, 2.24) is 0 Å². The predicted octanol–water partition coefficient (Wildman–Crippen LogP) is 3.57. The largest absolute Gasteiger partial charge is 0.478 e. The molecule has 0 unspecified atom stereocenters. The number of benzene rings is 1. The van der Waals surface area contributed by atoms with Gasteiger partial charge in [0.2, 0.25) is 0 Å². The predicted molar refractivity (Wildman–Crippen MR) is 55.8 cm³/mol. The van der Waals surface area contributed by atoms with Crippen LogP contribution >= 0.6 is 15.9 Å². The average molecular weight is 295 g/mol. The second-order valence-corrected chi connectivity index (χ2v) is 3.82. The zero-order valence-corrected chi connectivity index (χ0v) is 9.34. The van der Waals surface area contributed by atoms with Gasteiger partial charge in [-0.3, -0.25) is 0 Å². The van der Waals surface area contributed by atoms with E-state index in [4.69, 9.17) is 5.11 Å². The first kappa shape index (κ1) is 12.8. The lowest BCUT2D eigenvalue weighted by molar-refractivity contribution is -0.138. The summed E-state index contributed by atoms with van der Waals surface area (Å²) in [7, 11) is 0. The Kier molecular flexibility index (Phi) is 3.74. The second kappa shape index (κ2) is 4.69. The number of carboxylic acid groups (broad SMARTS) is 1. The van der Waals surface area contributed by atoms with Crippen LogP contribution in [0, 0.1) is 0 Å². The quantitative estimate of drug-likeness (QED) is 0.847. The highest BCUT2D eigenvalue weighted by molar-refractivity contribution is 9.10. The number of rotatable bonds is 2. The van der Waals surface area contributed by atoms with E-state index in [1.165, 1.54) is 12.1 Å². The van der Waals surface area contributed by atoms with Gasteiger partial charge >= 0.3 is 12.1 Å². The van der Waals surface area contributed by atoms with Crippen molar-refractivity contribution in [2.45, 2.75) is 6.18 Å². The topological polar surface area (TPSA) is 37.3 Å². The molecule has 2 nitrogen and oxygen atoms in total. The summed E-state index contributed by atoms with van der Waals surface area (Å²) in [6.07, 6.45) is -2.92.